The molecular formula is C19H26N4O2. The highest BCUT2D eigenvalue weighted by molar-refractivity contribution is 5.76. The van der Waals surface area contributed by atoms with Gasteiger partial charge in [0.1, 0.15) is 5.82 Å². The van der Waals surface area contributed by atoms with Gasteiger partial charge in [0, 0.05) is 32.5 Å². The Morgan fingerprint density at radius 2 is 1.88 bits per heavy atom. The zero-order chi connectivity index (χ0) is 17.8. The number of carbonyl (C=O) groups is 1. The van der Waals surface area contributed by atoms with Gasteiger partial charge in [-0.3, -0.25) is 4.79 Å². The number of aromatic nitrogens is 3. The summed E-state index contributed by atoms with van der Waals surface area (Å²) in [5.74, 6) is 1.26. The number of rotatable bonds is 5. The van der Waals surface area contributed by atoms with E-state index in [1.807, 2.05) is 35.2 Å². The van der Waals surface area contributed by atoms with Gasteiger partial charge in [0.25, 0.3) is 0 Å². The van der Waals surface area contributed by atoms with Crippen molar-refractivity contribution in [3.63, 3.8) is 0 Å². The molecule has 6 nitrogen and oxygen atoms in total. The molecule has 0 atom stereocenters. The maximum atomic E-state index is 12.5. The molecule has 25 heavy (non-hydrogen) atoms. The number of hydrogen-bond donors (Lipinski definition) is 0. The van der Waals surface area contributed by atoms with E-state index in [-0.39, 0.29) is 17.5 Å². The first-order valence-electron chi connectivity index (χ1n) is 9.11. The topological polar surface area (TPSA) is 60.1 Å². The normalized spacial score (nSPS) is 15.5. The Labute approximate surface area is 148 Å². The maximum Gasteiger partial charge on any atom is 0.350 e. The Bertz CT molecular complexity index is 770. The summed E-state index contributed by atoms with van der Waals surface area (Å²) in [6, 6.07) is 9.64. The van der Waals surface area contributed by atoms with E-state index in [0.717, 1.165) is 50.3 Å². The third-order valence-corrected chi connectivity index (χ3v) is 4.92. The van der Waals surface area contributed by atoms with Crippen molar-refractivity contribution in [2.75, 3.05) is 13.1 Å². The first-order chi connectivity index (χ1) is 12.1. The first kappa shape index (κ1) is 17.5. The molecule has 0 spiro atoms. The monoisotopic (exact) mass is 342 g/mol. The second-order valence-corrected chi connectivity index (χ2v) is 6.69. The summed E-state index contributed by atoms with van der Waals surface area (Å²) in [4.78, 5) is 26.7. The lowest BCUT2D eigenvalue weighted by Gasteiger charge is -2.31. The number of para-hydroxylation sites is 1. The molecule has 1 aliphatic rings. The second kappa shape index (κ2) is 7.68. The maximum absolute atomic E-state index is 12.5. The molecule has 1 aromatic heterocycles. The average Bonchev–Trinajstić information content (AvgIpc) is 2.95. The third-order valence-electron chi connectivity index (χ3n) is 4.92. The molecule has 1 fully saturated rings. The Morgan fingerprint density at radius 3 is 2.52 bits per heavy atom. The van der Waals surface area contributed by atoms with Gasteiger partial charge < -0.3 is 4.90 Å². The van der Waals surface area contributed by atoms with Crippen LogP contribution in [-0.4, -0.2) is 38.2 Å². The van der Waals surface area contributed by atoms with E-state index in [9.17, 15) is 9.59 Å². The van der Waals surface area contributed by atoms with Crippen molar-refractivity contribution < 1.29 is 4.79 Å². The van der Waals surface area contributed by atoms with Crippen LogP contribution in [0.15, 0.2) is 35.1 Å². The van der Waals surface area contributed by atoms with Gasteiger partial charge in [-0.05, 0) is 31.4 Å². The lowest BCUT2D eigenvalue weighted by atomic mass is 9.95. The second-order valence-electron chi connectivity index (χ2n) is 6.69. The third kappa shape index (κ3) is 3.67. The van der Waals surface area contributed by atoms with E-state index in [1.165, 1.54) is 4.68 Å². The minimum absolute atomic E-state index is 0.123. The van der Waals surface area contributed by atoms with Crippen molar-refractivity contribution >= 4 is 5.91 Å². The van der Waals surface area contributed by atoms with Crippen LogP contribution in [0.2, 0.25) is 0 Å². The highest BCUT2D eigenvalue weighted by Crippen LogP contribution is 2.28. The van der Waals surface area contributed by atoms with Gasteiger partial charge in [-0.25, -0.2) is 14.0 Å². The van der Waals surface area contributed by atoms with Crippen molar-refractivity contribution in [3.05, 3.63) is 46.6 Å². The van der Waals surface area contributed by atoms with Gasteiger partial charge in [0.15, 0.2) is 0 Å². The fourth-order valence-corrected chi connectivity index (χ4v) is 3.44. The van der Waals surface area contributed by atoms with E-state index < -0.39 is 0 Å². The lowest BCUT2D eigenvalue weighted by molar-refractivity contribution is -0.132. The van der Waals surface area contributed by atoms with Crippen LogP contribution in [0.25, 0.3) is 5.69 Å². The SMILES string of the molecule is CCCCC(=O)N1CCC(c2nn(C)c(=O)n2-c2ccccc2)CC1. The van der Waals surface area contributed by atoms with Gasteiger partial charge in [-0.2, -0.15) is 5.10 Å². The Balaban J connectivity index is 1.77. The van der Waals surface area contributed by atoms with Gasteiger partial charge in [-0.1, -0.05) is 31.5 Å². The van der Waals surface area contributed by atoms with E-state index in [0.29, 0.717) is 6.42 Å². The average molecular weight is 342 g/mol. The summed E-state index contributed by atoms with van der Waals surface area (Å²) >= 11 is 0. The fourth-order valence-electron chi connectivity index (χ4n) is 3.44. The van der Waals surface area contributed by atoms with Crippen LogP contribution in [-0.2, 0) is 11.8 Å². The van der Waals surface area contributed by atoms with Crippen LogP contribution in [0.1, 0.15) is 50.8 Å². The summed E-state index contributed by atoms with van der Waals surface area (Å²) in [6.07, 6.45) is 4.33. The van der Waals surface area contributed by atoms with Crippen LogP contribution in [0.5, 0.6) is 0 Å². The molecule has 0 N–H and O–H groups in total. The molecule has 0 bridgehead atoms. The van der Waals surface area contributed by atoms with E-state index in [1.54, 1.807) is 11.6 Å². The zero-order valence-electron chi connectivity index (χ0n) is 15.0. The number of amides is 1. The van der Waals surface area contributed by atoms with E-state index in [2.05, 4.69) is 12.0 Å². The van der Waals surface area contributed by atoms with Crippen molar-refractivity contribution in [1.29, 1.82) is 0 Å². The van der Waals surface area contributed by atoms with Gasteiger partial charge in [0.05, 0.1) is 5.69 Å². The highest BCUT2D eigenvalue weighted by Gasteiger charge is 2.28. The molecule has 2 heterocycles. The molecular weight excluding hydrogens is 316 g/mol. The lowest BCUT2D eigenvalue weighted by Crippen LogP contribution is -2.38. The predicted molar refractivity (Wildman–Crippen MR) is 96.9 cm³/mol. The summed E-state index contributed by atoms with van der Waals surface area (Å²) in [7, 11) is 1.69. The van der Waals surface area contributed by atoms with Crippen molar-refractivity contribution in [2.45, 2.75) is 44.9 Å². The summed E-state index contributed by atoms with van der Waals surface area (Å²) in [5.41, 5.74) is 0.722. The molecule has 6 heteroatoms. The Hall–Kier alpha value is -2.37. The van der Waals surface area contributed by atoms with Crippen molar-refractivity contribution in [1.82, 2.24) is 19.2 Å². The minimum Gasteiger partial charge on any atom is -0.343 e. The summed E-state index contributed by atoms with van der Waals surface area (Å²) < 4.78 is 3.11. The number of carbonyl (C=O) groups excluding carboxylic acids is 1. The summed E-state index contributed by atoms with van der Waals surface area (Å²) in [5, 5.41) is 4.49. The zero-order valence-corrected chi connectivity index (χ0v) is 15.0. The van der Waals surface area contributed by atoms with Gasteiger partial charge in [0.2, 0.25) is 5.91 Å². The summed E-state index contributed by atoms with van der Waals surface area (Å²) in [6.45, 7) is 3.59. The Kier molecular flexibility index (Phi) is 5.36. The molecule has 0 unspecified atom stereocenters. The number of unbranched alkanes of at least 4 members (excludes halogenated alkanes) is 1. The molecule has 0 aliphatic carbocycles. The van der Waals surface area contributed by atoms with Crippen LogP contribution >= 0.6 is 0 Å². The molecule has 2 aromatic rings. The molecule has 1 amide bonds. The van der Waals surface area contributed by atoms with E-state index in [4.69, 9.17) is 0 Å². The largest absolute Gasteiger partial charge is 0.350 e. The highest BCUT2D eigenvalue weighted by atomic mass is 16.2. The van der Waals surface area contributed by atoms with Gasteiger partial charge in [-0.15, -0.1) is 0 Å². The first-order valence-corrected chi connectivity index (χ1v) is 9.11. The molecule has 134 valence electrons. The van der Waals surface area contributed by atoms with Crippen molar-refractivity contribution in [2.24, 2.45) is 7.05 Å². The molecule has 1 aliphatic heterocycles. The number of likely N-dealkylation sites (tertiary alicyclic amines) is 1. The molecule has 0 radical (unpaired) electrons. The van der Waals surface area contributed by atoms with E-state index >= 15 is 0 Å². The smallest absolute Gasteiger partial charge is 0.343 e. The number of nitrogens with zero attached hydrogens (tertiary/aromatic N) is 4. The molecule has 1 saturated heterocycles. The molecule has 0 saturated carbocycles. The van der Waals surface area contributed by atoms with Crippen LogP contribution in [0.3, 0.4) is 0 Å². The standard InChI is InChI=1S/C19H26N4O2/c1-3-4-10-17(24)22-13-11-15(12-14-22)18-20-21(2)19(25)23(18)16-8-6-5-7-9-16/h5-9,15H,3-4,10-14H2,1-2H3. The molecule has 3 rings (SSSR count). The van der Waals surface area contributed by atoms with Crippen LogP contribution in [0.4, 0.5) is 0 Å². The number of benzene rings is 1. The Morgan fingerprint density at radius 1 is 1.20 bits per heavy atom. The molecule has 1 aromatic carbocycles. The minimum atomic E-state index is -0.123. The number of aryl methyl sites for hydroxylation is 1. The van der Waals surface area contributed by atoms with Crippen LogP contribution < -0.4 is 5.69 Å². The van der Waals surface area contributed by atoms with Crippen LogP contribution in [0, 0.1) is 0 Å². The predicted octanol–water partition coefficient (Wildman–Crippen LogP) is 2.47. The number of hydrogen-bond acceptors (Lipinski definition) is 3. The quantitative estimate of drug-likeness (QED) is 0.839. The van der Waals surface area contributed by atoms with Gasteiger partial charge >= 0.3 is 5.69 Å². The van der Waals surface area contributed by atoms with Crippen molar-refractivity contribution in [3.8, 4) is 5.69 Å². The fraction of sp³-hybridized carbons (Fsp3) is 0.526. The number of piperidine rings is 1.